The largest absolute Gasteiger partial charge is 0.509 e. The van der Waals surface area contributed by atoms with Crippen molar-refractivity contribution in [3.05, 3.63) is 149 Å². The molecule has 0 spiro atoms. The lowest BCUT2D eigenvalue weighted by Gasteiger charge is -2.26. The summed E-state index contributed by atoms with van der Waals surface area (Å²) in [5.74, 6) is -5.79. The second-order valence-electron chi connectivity index (χ2n) is 29.8. The molecule has 0 saturated heterocycles. The monoisotopic (exact) mass is 2320 g/mol. The van der Waals surface area contributed by atoms with Crippen LogP contribution in [0.3, 0.4) is 0 Å². The molecule has 0 aliphatic heterocycles. The van der Waals surface area contributed by atoms with E-state index in [2.05, 4.69) is 31.9 Å². The Bertz CT molecular complexity index is 5060. The van der Waals surface area contributed by atoms with Crippen LogP contribution in [0.2, 0.25) is 0 Å². The van der Waals surface area contributed by atoms with E-state index in [9.17, 15) is 112 Å². The highest BCUT2D eigenvalue weighted by atomic mass is 35.5. The number of nitrogens with zero attached hydrogens (tertiary/aromatic N) is 1. The maximum Gasteiger partial charge on any atom is 0.509 e. The molecule has 0 bridgehead atoms. The van der Waals surface area contributed by atoms with E-state index in [1.165, 1.54) is 121 Å². The van der Waals surface area contributed by atoms with Crippen LogP contribution >= 0.6 is 116 Å². The zero-order valence-corrected chi connectivity index (χ0v) is 88.7. The molecule has 5 aromatic carbocycles. The first-order chi connectivity index (χ1) is 66.3. The molecule has 0 unspecified atom stereocenters. The van der Waals surface area contributed by atoms with Gasteiger partial charge in [-0.25, -0.2) is 83.2 Å². The van der Waals surface area contributed by atoms with Crippen LogP contribution in [0.5, 0.6) is 0 Å². The number of unbranched alkanes of at least 4 members (excludes halogenated alkanes) is 1. The fraction of sp³-hybridized carbons (Fsp3) is 0.518. The molecule has 12 N–H and O–H groups in total. The van der Waals surface area contributed by atoms with Gasteiger partial charge in [0.15, 0.2) is 91.7 Å². The lowest BCUT2D eigenvalue weighted by atomic mass is 10.0. The van der Waals surface area contributed by atoms with Crippen molar-refractivity contribution in [2.45, 2.75) is 141 Å². The Hall–Kier alpha value is -7.74. The van der Waals surface area contributed by atoms with Crippen LogP contribution in [-0.4, -0.2) is 313 Å². The van der Waals surface area contributed by atoms with Crippen LogP contribution in [0.1, 0.15) is 90.4 Å². The minimum atomic E-state index is -3.46. The molecule has 0 heterocycles. The first-order valence-electron chi connectivity index (χ1n) is 41.4. The van der Waals surface area contributed by atoms with E-state index in [1.807, 2.05) is 0 Å². The molecule has 5 amide bonds. The van der Waals surface area contributed by atoms with E-state index in [0.717, 1.165) is 31.3 Å². The van der Waals surface area contributed by atoms with Gasteiger partial charge in [0.1, 0.15) is 58.8 Å². The Kier molecular flexibility index (Phi) is 63.3. The molecular formula is C83H111Cl10F5N10O29S5. The molecule has 0 radical (unpaired) electrons. The van der Waals surface area contributed by atoms with E-state index in [1.54, 1.807) is 26.0 Å². The van der Waals surface area contributed by atoms with E-state index < -0.39 is 234 Å². The van der Waals surface area contributed by atoms with E-state index in [-0.39, 0.29) is 86.1 Å². The molecule has 802 valence electrons. The predicted molar refractivity (Wildman–Crippen MR) is 521 cm³/mol. The molecule has 0 fully saturated rings. The molecule has 0 aliphatic carbocycles. The van der Waals surface area contributed by atoms with Crippen molar-refractivity contribution in [1.29, 1.82) is 0 Å². The second kappa shape index (κ2) is 67.9. The Balaban J connectivity index is 0.000000888. The number of hydrogen-bond donors (Lipinski definition) is 9. The van der Waals surface area contributed by atoms with Crippen LogP contribution in [0.25, 0.3) is 0 Å². The smallest absolute Gasteiger partial charge is 0.455 e. The Morgan fingerprint density at radius 2 is 0.556 bits per heavy atom. The predicted octanol–water partition coefficient (Wildman–Crippen LogP) is 9.12. The van der Waals surface area contributed by atoms with Gasteiger partial charge in [-0.3, -0.25) is 28.8 Å². The summed E-state index contributed by atoms with van der Waals surface area (Å²) in [6.07, 6.45) is -2.39. The number of hydrogen-bond acceptors (Lipinski definition) is 34. The number of esters is 2. The minimum Gasteiger partial charge on any atom is -0.455 e. The summed E-state index contributed by atoms with van der Waals surface area (Å²) in [6.45, 7) is -3.81. The number of nitrogens with two attached hydrogens (primary N) is 3. The zero-order chi connectivity index (χ0) is 108. The first kappa shape index (κ1) is 132. The molecule has 0 saturated carbocycles. The van der Waals surface area contributed by atoms with Crippen molar-refractivity contribution < 1.29 is 155 Å². The van der Waals surface area contributed by atoms with Gasteiger partial charge in [-0.05, 0) is 155 Å². The van der Waals surface area contributed by atoms with Crippen LogP contribution in [0.4, 0.5) is 36.3 Å². The highest BCUT2D eigenvalue weighted by Gasteiger charge is 2.38. The van der Waals surface area contributed by atoms with Crippen molar-refractivity contribution in [3.8, 4) is 0 Å². The third kappa shape index (κ3) is 52.0. The number of benzene rings is 5. The van der Waals surface area contributed by atoms with Crippen molar-refractivity contribution in [1.82, 2.24) is 36.8 Å². The molecular weight excluding hydrogens is 2210 g/mol. The number of amides is 5. The maximum absolute atomic E-state index is 13.7. The minimum absolute atomic E-state index is 0.00679. The molecule has 142 heavy (non-hydrogen) atoms. The van der Waals surface area contributed by atoms with Gasteiger partial charge in [0, 0.05) is 50.8 Å². The molecule has 0 aromatic heterocycles. The standard InChI is InChI=1S/2C17H23Cl2FN2O6S.C17H23Cl2FN2O5S.2C16H21Cl2FN2O6S/c1-22(2)8-9-27-17(24)28-14(13(10-20)21-16(23)15(18)19)11-4-6-12(7-5-11)29(3,25)26;1-21-8-3-9-27-17(24)28-14(13(10-20)22-16(23)15(18)19)11-4-6-12(7-5-11)29(2,25)26;1-28(25,26)12-7-5-11(6-8-12)15(27-14(23)4-2-3-9-21)13(10-20)22-17(24)16(18)19;1-28(24,25)11-5-3-10(4-6-11)13(27-16(23)26-8-2-7-20)12(9-19)21-15(22)14(17)18;1-28(24,25)11-4-2-10(3-5-11)14(27-13(22)9-26-7-6-20)12(8-19)21-16(23)15(17)18/h4-7,13-15H,8-10H2,1-3H3,(H,21,23);4-7,13-15,21H,3,8-10H2,1-2H3,(H,22,23);5-8,13,15-16H,2-4,9-10,21H2,1H3,(H,22,24);3-6,12-14H,2,7-9,20H2,1H3,(H,21,22);2-5,12,14-15H,6-9,20H2,1H3,(H,21,23)/t2*13-,14-;13-,15-;12-,13-;12-,14-/m11111/s1. The van der Waals surface area contributed by atoms with Crippen LogP contribution in [0.15, 0.2) is 146 Å². The topological polar surface area (TPSA) is 578 Å². The highest BCUT2D eigenvalue weighted by Crippen LogP contribution is 2.32. The number of carbonyl (C=O) groups excluding carboxylic acids is 10. The highest BCUT2D eigenvalue weighted by molar-refractivity contribution is 7.91. The molecule has 0 aliphatic rings. The first-order valence-corrected chi connectivity index (χ1v) is 55.3. The van der Waals surface area contributed by atoms with Gasteiger partial charge in [0.25, 0.3) is 29.5 Å². The van der Waals surface area contributed by atoms with Crippen molar-refractivity contribution in [2.24, 2.45) is 17.2 Å². The Labute approximate surface area is 869 Å². The maximum atomic E-state index is 13.7. The summed E-state index contributed by atoms with van der Waals surface area (Å²) in [7, 11) is -12.0. The quantitative estimate of drug-likeness (QED) is 0.00575. The number of sulfone groups is 5. The van der Waals surface area contributed by atoms with Crippen LogP contribution < -0.4 is 49.1 Å². The number of alkyl halides is 15. The van der Waals surface area contributed by atoms with Crippen LogP contribution in [-0.2, 0) is 125 Å². The lowest BCUT2D eigenvalue weighted by molar-refractivity contribution is -0.157. The SMILES string of the molecule is CN(C)CCOC(=O)O[C@H](c1ccc(S(C)(=O)=O)cc1)[C@@H](CF)NC(=O)C(Cl)Cl.CNCCCOC(=O)O[C@H](c1ccc(S(C)(=O)=O)cc1)[C@@H](CF)NC(=O)C(Cl)Cl.CS(=O)(=O)c1ccc([C@@H](OC(=O)CCCCN)[C@@H](CF)NC(=O)C(Cl)Cl)cc1.CS(=O)(=O)c1ccc([C@@H](OC(=O)COCCN)[C@@H](CF)NC(=O)C(Cl)Cl)cc1.CS(=O)(=O)c1ccc([C@@H](OC(=O)OCCCN)[C@@H](CF)NC(=O)C(Cl)Cl)cc1. The number of halogens is 15. The third-order valence-corrected chi connectivity index (χ3v) is 25.7. The fourth-order valence-electron chi connectivity index (χ4n) is 11.0. The van der Waals surface area contributed by atoms with Crippen LogP contribution in [0, 0.1) is 0 Å². The van der Waals surface area contributed by atoms with Crippen molar-refractivity contribution in [2.75, 3.05) is 152 Å². The average molecular weight is 2320 g/mol. The van der Waals surface area contributed by atoms with Gasteiger partial charge >= 0.3 is 30.4 Å². The van der Waals surface area contributed by atoms with Gasteiger partial charge in [-0.2, -0.15) is 0 Å². The third-order valence-electron chi connectivity index (χ3n) is 18.1. The molecule has 5 aromatic rings. The molecule has 39 nitrogen and oxygen atoms in total. The number of nitrogens with one attached hydrogen (secondary N) is 6. The summed E-state index contributed by atoms with van der Waals surface area (Å²) in [4.78, 5) is 113. The molecule has 10 atom stereocenters. The van der Waals surface area contributed by atoms with E-state index >= 15 is 0 Å². The zero-order valence-electron chi connectivity index (χ0n) is 77.1. The van der Waals surface area contributed by atoms with Gasteiger partial charge in [0.2, 0.25) is 0 Å². The summed E-state index contributed by atoms with van der Waals surface area (Å²) < 4.78 is 230. The summed E-state index contributed by atoms with van der Waals surface area (Å²) in [5, 5.41) is 14.2. The molecule has 5 rings (SSSR count). The average Bonchev–Trinajstić information content (AvgIpc) is 0.839. The number of carbonyl (C=O) groups is 10. The number of ether oxygens (including phenoxy) is 9. The lowest BCUT2D eigenvalue weighted by Crippen LogP contribution is -2.44. The molecule has 59 heteroatoms. The summed E-state index contributed by atoms with van der Waals surface area (Å²) in [6, 6.07) is 19.8. The van der Waals surface area contributed by atoms with Gasteiger partial charge < -0.3 is 96.6 Å². The Morgan fingerprint density at radius 3 is 0.768 bits per heavy atom. The van der Waals surface area contributed by atoms with Gasteiger partial charge in [-0.1, -0.05) is 177 Å². The van der Waals surface area contributed by atoms with E-state index in [0.29, 0.717) is 57.4 Å². The summed E-state index contributed by atoms with van der Waals surface area (Å²) >= 11 is 54.8. The normalized spacial score (nSPS) is 13.7. The number of likely N-dealkylation sites (N-methyl/N-ethyl adjacent to an activating group) is 1. The summed E-state index contributed by atoms with van der Waals surface area (Å²) in [5.41, 5.74) is 17.2. The van der Waals surface area contributed by atoms with Gasteiger partial charge in [-0.15, -0.1) is 0 Å². The fourth-order valence-corrected chi connectivity index (χ4v) is 14.8. The number of rotatable bonds is 53. The second-order valence-corrected chi connectivity index (χ2v) is 45.3. The van der Waals surface area contributed by atoms with Crippen molar-refractivity contribution in [3.63, 3.8) is 0 Å². The van der Waals surface area contributed by atoms with Gasteiger partial charge in [0.05, 0.1) is 74.5 Å². The van der Waals surface area contributed by atoms with E-state index in [4.69, 9.17) is 176 Å². The van der Waals surface area contributed by atoms with Crippen molar-refractivity contribution >= 4 is 225 Å². The Morgan fingerprint density at radius 1 is 0.324 bits per heavy atom.